The summed E-state index contributed by atoms with van der Waals surface area (Å²) in [6.45, 7) is 4.23. The zero-order chi connectivity index (χ0) is 15.2. The van der Waals surface area contributed by atoms with Crippen molar-refractivity contribution in [1.82, 2.24) is 0 Å². The van der Waals surface area contributed by atoms with Gasteiger partial charge in [-0.3, -0.25) is 4.79 Å². The van der Waals surface area contributed by atoms with Gasteiger partial charge < -0.3 is 15.4 Å². The second-order valence-corrected chi connectivity index (χ2v) is 5.01. The molecule has 0 unspecified atom stereocenters. The highest BCUT2D eigenvalue weighted by molar-refractivity contribution is 5.93. The van der Waals surface area contributed by atoms with Crippen LogP contribution in [0.25, 0.3) is 0 Å². The zero-order valence-electron chi connectivity index (χ0n) is 12.6. The van der Waals surface area contributed by atoms with Gasteiger partial charge in [0.05, 0.1) is 13.7 Å². The minimum atomic E-state index is -0.0807. The number of carbonyl (C=O) groups excluding carboxylic acids is 1. The van der Waals surface area contributed by atoms with E-state index < -0.39 is 0 Å². The number of ether oxygens (including phenoxy) is 1. The van der Waals surface area contributed by atoms with Gasteiger partial charge in [0.25, 0.3) is 0 Å². The zero-order valence-corrected chi connectivity index (χ0v) is 12.6. The van der Waals surface area contributed by atoms with Crippen LogP contribution in [0.2, 0.25) is 0 Å². The van der Waals surface area contributed by atoms with E-state index in [4.69, 9.17) is 4.74 Å². The van der Waals surface area contributed by atoms with Gasteiger partial charge in [-0.15, -0.1) is 0 Å². The number of methoxy groups -OCH3 is 1. The number of rotatable bonds is 5. The van der Waals surface area contributed by atoms with Crippen LogP contribution in [0.5, 0.6) is 5.75 Å². The molecule has 0 bridgehead atoms. The fraction of sp³-hybridized carbons (Fsp3) is 0.235. The SMILES string of the molecule is COc1cccc(NCC(=O)Nc2cc(C)cc(C)c2)c1. The Bertz CT molecular complexity index is 618. The maximum Gasteiger partial charge on any atom is 0.243 e. The predicted molar refractivity (Wildman–Crippen MR) is 86.0 cm³/mol. The molecule has 0 aliphatic carbocycles. The summed E-state index contributed by atoms with van der Waals surface area (Å²) < 4.78 is 5.14. The van der Waals surface area contributed by atoms with Crippen molar-refractivity contribution >= 4 is 17.3 Å². The highest BCUT2D eigenvalue weighted by Crippen LogP contribution is 2.17. The Morgan fingerprint density at radius 3 is 2.43 bits per heavy atom. The Balaban J connectivity index is 1.92. The first kappa shape index (κ1) is 14.9. The summed E-state index contributed by atoms with van der Waals surface area (Å²) in [6, 6.07) is 13.5. The molecule has 2 N–H and O–H groups in total. The summed E-state index contributed by atoms with van der Waals surface area (Å²) in [4.78, 5) is 12.0. The van der Waals surface area contributed by atoms with E-state index in [0.29, 0.717) is 0 Å². The molecule has 0 saturated heterocycles. The number of benzene rings is 2. The van der Waals surface area contributed by atoms with E-state index in [2.05, 4.69) is 16.7 Å². The van der Waals surface area contributed by atoms with Crippen molar-refractivity contribution in [3.63, 3.8) is 0 Å². The summed E-state index contributed by atoms with van der Waals surface area (Å²) in [6.07, 6.45) is 0. The molecule has 2 aromatic carbocycles. The van der Waals surface area contributed by atoms with Crippen molar-refractivity contribution in [2.75, 3.05) is 24.3 Å². The van der Waals surface area contributed by atoms with Gasteiger partial charge in [-0.1, -0.05) is 12.1 Å². The van der Waals surface area contributed by atoms with E-state index in [1.807, 2.05) is 50.2 Å². The van der Waals surface area contributed by atoms with Gasteiger partial charge in [0.1, 0.15) is 5.75 Å². The molecule has 0 saturated carbocycles. The molecule has 1 amide bonds. The van der Waals surface area contributed by atoms with Crippen LogP contribution in [0.4, 0.5) is 11.4 Å². The van der Waals surface area contributed by atoms with Crippen LogP contribution in [0.1, 0.15) is 11.1 Å². The molecule has 21 heavy (non-hydrogen) atoms. The standard InChI is InChI=1S/C17H20N2O2/c1-12-7-13(2)9-15(8-12)19-17(20)11-18-14-5-4-6-16(10-14)21-3/h4-10,18H,11H2,1-3H3,(H,19,20). The summed E-state index contributed by atoms with van der Waals surface area (Å²) >= 11 is 0. The third kappa shape index (κ3) is 4.53. The molecule has 0 aliphatic heterocycles. The second-order valence-electron chi connectivity index (χ2n) is 5.01. The third-order valence-corrected chi connectivity index (χ3v) is 3.03. The van der Waals surface area contributed by atoms with E-state index in [1.165, 1.54) is 0 Å². The van der Waals surface area contributed by atoms with Crippen LogP contribution in [-0.4, -0.2) is 19.6 Å². The molecule has 0 atom stereocenters. The summed E-state index contributed by atoms with van der Waals surface area (Å²) in [5.74, 6) is 0.678. The van der Waals surface area contributed by atoms with E-state index in [-0.39, 0.29) is 12.5 Å². The van der Waals surface area contributed by atoms with Gasteiger partial charge in [-0.05, 0) is 49.2 Å². The van der Waals surface area contributed by atoms with Crippen molar-refractivity contribution in [1.29, 1.82) is 0 Å². The fourth-order valence-electron chi connectivity index (χ4n) is 2.17. The lowest BCUT2D eigenvalue weighted by Gasteiger charge is -2.10. The van der Waals surface area contributed by atoms with Gasteiger partial charge in [0, 0.05) is 17.4 Å². The van der Waals surface area contributed by atoms with Gasteiger partial charge >= 0.3 is 0 Å². The quantitative estimate of drug-likeness (QED) is 0.885. The van der Waals surface area contributed by atoms with Gasteiger partial charge in [-0.25, -0.2) is 0 Å². The molecule has 0 fully saturated rings. The highest BCUT2D eigenvalue weighted by Gasteiger charge is 2.04. The Morgan fingerprint density at radius 1 is 1.05 bits per heavy atom. The third-order valence-electron chi connectivity index (χ3n) is 3.03. The number of carbonyl (C=O) groups is 1. The van der Waals surface area contributed by atoms with E-state index in [0.717, 1.165) is 28.3 Å². The fourth-order valence-corrected chi connectivity index (χ4v) is 2.17. The maximum atomic E-state index is 12.0. The molecule has 0 spiro atoms. The first-order chi connectivity index (χ1) is 10.1. The number of nitrogens with one attached hydrogen (secondary N) is 2. The van der Waals surface area contributed by atoms with Crippen LogP contribution < -0.4 is 15.4 Å². The molecule has 0 heterocycles. The Hall–Kier alpha value is -2.49. The molecule has 2 aromatic rings. The number of anilines is 2. The van der Waals surface area contributed by atoms with Crippen LogP contribution in [0.3, 0.4) is 0 Å². The number of aryl methyl sites for hydroxylation is 2. The molecule has 0 aliphatic rings. The Morgan fingerprint density at radius 2 is 1.76 bits per heavy atom. The Kier molecular flexibility index (Phi) is 4.82. The summed E-state index contributed by atoms with van der Waals surface area (Å²) in [7, 11) is 1.62. The molecule has 4 heteroatoms. The minimum absolute atomic E-state index is 0.0807. The molecule has 0 aromatic heterocycles. The van der Waals surface area contributed by atoms with Gasteiger partial charge in [0.2, 0.25) is 5.91 Å². The maximum absolute atomic E-state index is 12.0. The first-order valence-electron chi connectivity index (χ1n) is 6.83. The van der Waals surface area contributed by atoms with Crippen molar-refractivity contribution in [2.24, 2.45) is 0 Å². The molecule has 4 nitrogen and oxygen atoms in total. The first-order valence-corrected chi connectivity index (χ1v) is 6.83. The van der Waals surface area contributed by atoms with Crippen molar-refractivity contribution in [2.45, 2.75) is 13.8 Å². The number of hydrogen-bond acceptors (Lipinski definition) is 3. The molecular formula is C17H20N2O2. The number of amides is 1. The van der Waals surface area contributed by atoms with E-state index in [1.54, 1.807) is 7.11 Å². The largest absolute Gasteiger partial charge is 0.497 e. The average Bonchev–Trinajstić information content (AvgIpc) is 2.44. The lowest BCUT2D eigenvalue weighted by Crippen LogP contribution is -2.21. The Labute approximate surface area is 125 Å². The van der Waals surface area contributed by atoms with Crippen molar-refractivity contribution in [3.05, 3.63) is 53.6 Å². The highest BCUT2D eigenvalue weighted by atomic mass is 16.5. The molecule has 2 rings (SSSR count). The van der Waals surface area contributed by atoms with Crippen LogP contribution >= 0.6 is 0 Å². The predicted octanol–water partition coefficient (Wildman–Crippen LogP) is 3.36. The van der Waals surface area contributed by atoms with Crippen LogP contribution in [0, 0.1) is 13.8 Å². The topological polar surface area (TPSA) is 50.4 Å². The van der Waals surface area contributed by atoms with E-state index >= 15 is 0 Å². The second kappa shape index (κ2) is 6.79. The molecule has 110 valence electrons. The van der Waals surface area contributed by atoms with Crippen LogP contribution in [-0.2, 0) is 4.79 Å². The minimum Gasteiger partial charge on any atom is -0.497 e. The summed E-state index contributed by atoms with van der Waals surface area (Å²) in [5, 5.41) is 5.97. The lowest BCUT2D eigenvalue weighted by molar-refractivity contribution is -0.114. The molecular weight excluding hydrogens is 264 g/mol. The lowest BCUT2D eigenvalue weighted by atomic mass is 10.1. The molecule has 0 radical (unpaired) electrons. The van der Waals surface area contributed by atoms with Gasteiger partial charge in [0.15, 0.2) is 0 Å². The van der Waals surface area contributed by atoms with Crippen molar-refractivity contribution < 1.29 is 9.53 Å². The van der Waals surface area contributed by atoms with Gasteiger partial charge in [-0.2, -0.15) is 0 Å². The smallest absolute Gasteiger partial charge is 0.243 e. The normalized spacial score (nSPS) is 10.0. The average molecular weight is 284 g/mol. The van der Waals surface area contributed by atoms with Crippen molar-refractivity contribution in [3.8, 4) is 5.75 Å². The van der Waals surface area contributed by atoms with E-state index in [9.17, 15) is 4.79 Å². The number of hydrogen-bond donors (Lipinski definition) is 2. The van der Waals surface area contributed by atoms with Crippen LogP contribution in [0.15, 0.2) is 42.5 Å². The summed E-state index contributed by atoms with van der Waals surface area (Å²) in [5.41, 5.74) is 3.94. The monoisotopic (exact) mass is 284 g/mol.